The number of thiazole rings is 1. The van der Waals surface area contributed by atoms with E-state index in [1.807, 2.05) is 26.0 Å². The highest BCUT2D eigenvalue weighted by Gasteiger charge is 2.16. The lowest BCUT2D eigenvalue weighted by Gasteiger charge is -2.02. The quantitative estimate of drug-likeness (QED) is 0.468. The molecular formula is C20H16FN5O2S. The number of hydrogen-bond donors (Lipinski definition) is 3. The molecule has 7 nitrogen and oxygen atoms in total. The van der Waals surface area contributed by atoms with Gasteiger partial charge < -0.3 is 4.98 Å². The molecule has 0 saturated heterocycles. The number of halogens is 1. The summed E-state index contributed by atoms with van der Waals surface area (Å²) in [7, 11) is 0. The summed E-state index contributed by atoms with van der Waals surface area (Å²) in [6.07, 6.45) is 0. The zero-order chi connectivity index (χ0) is 20.5. The number of carbonyl (C=O) groups is 2. The molecule has 2 aromatic carbocycles. The van der Waals surface area contributed by atoms with E-state index < -0.39 is 17.6 Å². The lowest BCUT2D eigenvalue weighted by atomic mass is 10.1. The molecule has 9 heteroatoms. The molecule has 0 radical (unpaired) electrons. The second-order valence-electron chi connectivity index (χ2n) is 6.47. The molecule has 4 aromatic rings. The highest BCUT2D eigenvalue weighted by molar-refractivity contribution is 7.14. The first kappa shape index (κ1) is 18.8. The summed E-state index contributed by atoms with van der Waals surface area (Å²) >= 11 is 1.07. The minimum atomic E-state index is -0.632. The molecule has 2 amide bonds. The largest absolute Gasteiger partial charge is 0.324 e. The Kier molecular flexibility index (Phi) is 4.81. The second-order valence-corrected chi connectivity index (χ2v) is 7.32. The SMILES string of the molecule is Cc1cc2nc(NC(=O)c3csc(NC(=O)c4ccccc4F)n3)[nH]c2cc1C. The summed E-state index contributed by atoms with van der Waals surface area (Å²) in [5, 5.41) is 6.85. The molecule has 2 aromatic heterocycles. The molecule has 3 N–H and O–H groups in total. The van der Waals surface area contributed by atoms with Crippen molar-refractivity contribution in [2.75, 3.05) is 10.6 Å². The molecule has 0 aliphatic heterocycles. The van der Waals surface area contributed by atoms with E-state index in [0.717, 1.165) is 33.5 Å². The Hall–Kier alpha value is -3.59. The van der Waals surface area contributed by atoms with Crippen molar-refractivity contribution in [3.63, 3.8) is 0 Å². The molecule has 0 aliphatic rings. The van der Waals surface area contributed by atoms with Crippen LogP contribution in [0.1, 0.15) is 32.0 Å². The number of imidazole rings is 1. The number of nitrogens with zero attached hydrogens (tertiary/aromatic N) is 2. The number of H-pyrrole nitrogens is 1. The summed E-state index contributed by atoms with van der Waals surface area (Å²) in [5.74, 6) is -1.43. The summed E-state index contributed by atoms with van der Waals surface area (Å²) in [6.45, 7) is 3.99. The predicted molar refractivity (Wildman–Crippen MR) is 110 cm³/mol. The first-order valence-corrected chi connectivity index (χ1v) is 9.58. The van der Waals surface area contributed by atoms with Crippen LogP contribution in [-0.4, -0.2) is 26.8 Å². The third-order valence-corrected chi connectivity index (χ3v) is 5.16. The van der Waals surface area contributed by atoms with E-state index in [-0.39, 0.29) is 16.4 Å². The van der Waals surface area contributed by atoms with E-state index in [0.29, 0.717) is 5.95 Å². The van der Waals surface area contributed by atoms with Crippen molar-refractivity contribution in [1.82, 2.24) is 15.0 Å². The number of hydrogen-bond acceptors (Lipinski definition) is 5. The van der Waals surface area contributed by atoms with E-state index in [1.54, 1.807) is 6.07 Å². The fourth-order valence-electron chi connectivity index (χ4n) is 2.75. The fraction of sp³-hybridized carbons (Fsp3) is 0.100. The van der Waals surface area contributed by atoms with E-state index >= 15 is 0 Å². The van der Waals surface area contributed by atoms with Crippen molar-refractivity contribution in [3.05, 3.63) is 70.0 Å². The smallest absolute Gasteiger partial charge is 0.277 e. The van der Waals surface area contributed by atoms with Gasteiger partial charge >= 0.3 is 0 Å². The van der Waals surface area contributed by atoms with Crippen LogP contribution in [0.15, 0.2) is 41.8 Å². The molecule has 0 spiro atoms. The summed E-state index contributed by atoms with van der Waals surface area (Å²) in [6, 6.07) is 9.54. The highest BCUT2D eigenvalue weighted by atomic mass is 32.1. The monoisotopic (exact) mass is 409 g/mol. The number of anilines is 2. The van der Waals surface area contributed by atoms with Gasteiger partial charge in [0.05, 0.1) is 16.6 Å². The average molecular weight is 409 g/mol. The molecule has 0 atom stereocenters. The van der Waals surface area contributed by atoms with Crippen molar-refractivity contribution in [2.24, 2.45) is 0 Å². The molecule has 2 heterocycles. The van der Waals surface area contributed by atoms with Crippen LogP contribution < -0.4 is 10.6 Å². The predicted octanol–water partition coefficient (Wildman–Crippen LogP) is 4.28. The number of benzene rings is 2. The minimum absolute atomic E-state index is 0.0958. The number of carbonyl (C=O) groups excluding carboxylic acids is 2. The number of aromatic nitrogens is 3. The molecule has 4 rings (SSSR count). The summed E-state index contributed by atoms with van der Waals surface area (Å²) in [4.78, 5) is 36.1. The molecule has 0 unspecified atom stereocenters. The molecule has 0 fully saturated rings. The first-order valence-electron chi connectivity index (χ1n) is 8.70. The lowest BCUT2D eigenvalue weighted by Crippen LogP contribution is -2.15. The Balaban J connectivity index is 1.47. The lowest BCUT2D eigenvalue weighted by molar-refractivity contribution is 0.101. The van der Waals surface area contributed by atoms with Gasteiger partial charge in [-0.3, -0.25) is 20.2 Å². The Labute approximate surface area is 169 Å². The van der Waals surface area contributed by atoms with Crippen molar-refractivity contribution >= 4 is 45.3 Å². The zero-order valence-electron chi connectivity index (χ0n) is 15.5. The Morgan fingerprint density at radius 2 is 1.79 bits per heavy atom. The first-order chi connectivity index (χ1) is 13.9. The number of aromatic amines is 1. The van der Waals surface area contributed by atoms with Crippen molar-refractivity contribution in [1.29, 1.82) is 0 Å². The summed E-state index contributed by atoms with van der Waals surface area (Å²) < 4.78 is 13.7. The van der Waals surface area contributed by atoms with Crippen LogP contribution in [0.2, 0.25) is 0 Å². The van der Waals surface area contributed by atoms with E-state index in [2.05, 4.69) is 25.6 Å². The molecule has 146 valence electrons. The van der Waals surface area contributed by atoms with Crippen LogP contribution >= 0.6 is 11.3 Å². The number of aryl methyl sites for hydroxylation is 2. The highest BCUT2D eigenvalue weighted by Crippen LogP contribution is 2.21. The van der Waals surface area contributed by atoms with Crippen LogP contribution in [0.4, 0.5) is 15.5 Å². The number of nitrogens with one attached hydrogen (secondary N) is 3. The molecule has 0 bridgehead atoms. The summed E-state index contributed by atoms with van der Waals surface area (Å²) in [5.41, 5.74) is 3.82. The number of rotatable bonds is 4. The van der Waals surface area contributed by atoms with Gasteiger partial charge in [-0.2, -0.15) is 0 Å². The van der Waals surface area contributed by atoms with E-state index in [1.165, 1.54) is 23.6 Å². The second kappa shape index (κ2) is 7.44. The molecule has 29 heavy (non-hydrogen) atoms. The Morgan fingerprint density at radius 1 is 1.03 bits per heavy atom. The van der Waals surface area contributed by atoms with Gasteiger partial charge in [-0.1, -0.05) is 12.1 Å². The standard InChI is InChI=1S/C20H16FN5O2S/c1-10-7-14-15(8-11(10)2)23-19(22-14)25-18(28)16-9-29-20(24-16)26-17(27)12-5-3-4-6-13(12)21/h3-9H,1-2H3,(H,24,26,27)(H2,22,23,25,28). The third-order valence-electron chi connectivity index (χ3n) is 4.41. The van der Waals surface area contributed by atoms with Gasteiger partial charge in [-0.25, -0.2) is 14.4 Å². The van der Waals surface area contributed by atoms with Gasteiger partial charge in [0, 0.05) is 5.38 Å². The van der Waals surface area contributed by atoms with Gasteiger partial charge in [0.2, 0.25) is 5.95 Å². The van der Waals surface area contributed by atoms with Crippen LogP contribution in [-0.2, 0) is 0 Å². The molecular weight excluding hydrogens is 393 g/mol. The van der Waals surface area contributed by atoms with Crippen molar-refractivity contribution in [2.45, 2.75) is 13.8 Å². The normalized spacial score (nSPS) is 10.9. The van der Waals surface area contributed by atoms with Crippen LogP contribution in [0.5, 0.6) is 0 Å². The van der Waals surface area contributed by atoms with E-state index in [4.69, 9.17) is 0 Å². The average Bonchev–Trinajstić information content (AvgIpc) is 3.29. The molecule has 0 aliphatic carbocycles. The Morgan fingerprint density at radius 3 is 2.59 bits per heavy atom. The van der Waals surface area contributed by atoms with Gasteiger partial charge in [0.1, 0.15) is 11.5 Å². The topological polar surface area (TPSA) is 99.8 Å². The van der Waals surface area contributed by atoms with Gasteiger partial charge in [-0.15, -0.1) is 11.3 Å². The number of fused-ring (bicyclic) bond motifs is 1. The Bertz CT molecular complexity index is 1210. The van der Waals surface area contributed by atoms with Gasteiger partial charge in [-0.05, 0) is 49.2 Å². The van der Waals surface area contributed by atoms with Crippen LogP contribution in [0.3, 0.4) is 0 Å². The van der Waals surface area contributed by atoms with Crippen molar-refractivity contribution < 1.29 is 14.0 Å². The van der Waals surface area contributed by atoms with E-state index in [9.17, 15) is 14.0 Å². The van der Waals surface area contributed by atoms with Gasteiger partial charge in [0.25, 0.3) is 11.8 Å². The fourth-order valence-corrected chi connectivity index (χ4v) is 3.43. The maximum atomic E-state index is 13.7. The van der Waals surface area contributed by atoms with Gasteiger partial charge in [0.15, 0.2) is 5.13 Å². The molecule has 0 saturated carbocycles. The maximum absolute atomic E-state index is 13.7. The van der Waals surface area contributed by atoms with Crippen LogP contribution in [0, 0.1) is 19.7 Å². The maximum Gasteiger partial charge on any atom is 0.277 e. The third kappa shape index (κ3) is 3.85. The van der Waals surface area contributed by atoms with Crippen LogP contribution in [0.25, 0.3) is 11.0 Å². The minimum Gasteiger partial charge on any atom is -0.324 e. The zero-order valence-corrected chi connectivity index (χ0v) is 16.4. The van der Waals surface area contributed by atoms with Crippen molar-refractivity contribution in [3.8, 4) is 0 Å². The number of amides is 2.